The normalized spacial score (nSPS) is 10.8. The Hall–Kier alpha value is -4.14. The van der Waals surface area contributed by atoms with Crippen LogP contribution in [0, 0.1) is 17.0 Å². The molecule has 3 aromatic rings. The molecule has 0 aliphatic rings. The van der Waals surface area contributed by atoms with E-state index in [2.05, 4.69) is 10.5 Å². The first-order valence-corrected chi connectivity index (χ1v) is 8.44. The number of rotatable bonds is 6. The summed E-state index contributed by atoms with van der Waals surface area (Å²) in [5.41, 5.74) is 3.34. The van der Waals surface area contributed by atoms with Crippen molar-refractivity contribution in [3.8, 4) is 22.8 Å². The Morgan fingerprint density at radius 1 is 1.24 bits per heavy atom. The molecule has 9 nitrogen and oxygen atoms in total. The van der Waals surface area contributed by atoms with Crippen LogP contribution >= 0.6 is 0 Å². The number of benzene rings is 2. The van der Waals surface area contributed by atoms with Crippen molar-refractivity contribution in [1.29, 1.82) is 0 Å². The number of phenolic OH excluding ortho intramolecular Hbond substituents is 1. The molecule has 0 aliphatic heterocycles. The molecular formula is C20H17N3O6. The van der Waals surface area contributed by atoms with Crippen molar-refractivity contribution >= 4 is 17.8 Å². The Bertz CT molecular complexity index is 1100. The standard InChI is InChI=1S/C20H17N3O6/c1-12-3-6-15(17(9-12)23(26)27)19-8-5-14(29-19)11-21-22-20(25)16-7-4-13(28-2)10-18(16)24/h3-11,24H,1-2H3,(H,22,25)/b21-11-. The van der Waals surface area contributed by atoms with Crippen LogP contribution in [-0.4, -0.2) is 29.3 Å². The summed E-state index contributed by atoms with van der Waals surface area (Å²) in [7, 11) is 1.45. The molecule has 0 bridgehead atoms. The highest BCUT2D eigenvalue weighted by molar-refractivity contribution is 5.97. The second-order valence-corrected chi connectivity index (χ2v) is 6.06. The van der Waals surface area contributed by atoms with E-state index in [-0.39, 0.29) is 22.8 Å². The number of hydrogen-bond acceptors (Lipinski definition) is 7. The minimum atomic E-state index is -0.623. The van der Waals surface area contributed by atoms with Crippen molar-refractivity contribution in [3.05, 3.63) is 75.5 Å². The zero-order chi connectivity index (χ0) is 21.0. The minimum absolute atomic E-state index is 0.0263. The van der Waals surface area contributed by atoms with Gasteiger partial charge in [-0.15, -0.1) is 0 Å². The summed E-state index contributed by atoms with van der Waals surface area (Å²) >= 11 is 0. The van der Waals surface area contributed by atoms with E-state index in [1.54, 1.807) is 31.2 Å². The first kappa shape index (κ1) is 19.6. The first-order valence-electron chi connectivity index (χ1n) is 8.44. The van der Waals surface area contributed by atoms with Crippen molar-refractivity contribution in [2.75, 3.05) is 7.11 Å². The van der Waals surface area contributed by atoms with Crippen LogP contribution in [0.15, 0.2) is 58.0 Å². The molecular weight excluding hydrogens is 378 g/mol. The molecule has 0 saturated carbocycles. The van der Waals surface area contributed by atoms with Gasteiger partial charge in [0.05, 0.1) is 29.4 Å². The van der Waals surface area contributed by atoms with Gasteiger partial charge in [-0.1, -0.05) is 6.07 Å². The van der Waals surface area contributed by atoms with Gasteiger partial charge in [0.2, 0.25) is 0 Å². The molecule has 0 aliphatic carbocycles. The molecule has 0 spiro atoms. The van der Waals surface area contributed by atoms with Gasteiger partial charge in [0.1, 0.15) is 23.0 Å². The van der Waals surface area contributed by atoms with E-state index in [9.17, 15) is 20.0 Å². The number of carbonyl (C=O) groups excluding carboxylic acids is 1. The van der Waals surface area contributed by atoms with Crippen LogP contribution in [0.4, 0.5) is 5.69 Å². The van der Waals surface area contributed by atoms with E-state index in [0.29, 0.717) is 17.1 Å². The highest BCUT2D eigenvalue weighted by Crippen LogP contribution is 2.31. The van der Waals surface area contributed by atoms with E-state index < -0.39 is 10.8 Å². The predicted octanol–water partition coefficient (Wildman–Crippen LogP) is 3.64. The van der Waals surface area contributed by atoms with Gasteiger partial charge in [-0.05, 0) is 42.8 Å². The number of carbonyl (C=O) groups is 1. The number of methoxy groups -OCH3 is 1. The number of furan rings is 1. The Kier molecular flexibility index (Phi) is 5.59. The number of hydrogen-bond donors (Lipinski definition) is 2. The molecule has 2 N–H and O–H groups in total. The maximum Gasteiger partial charge on any atom is 0.280 e. The maximum atomic E-state index is 12.1. The Morgan fingerprint density at radius 3 is 2.72 bits per heavy atom. The van der Waals surface area contributed by atoms with Crippen molar-refractivity contribution in [1.82, 2.24) is 5.43 Å². The predicted molar refractivity (Wildman–Crippen MR) is 105 cm³/mol. The van der Waals surface area contributed by atoms with E-state index >= 15 is 0 Å². The molecule has 0 atom stereocenters. The number of phenols is 1. The lowest BCUT2D eigenvalue weighted by Gasteiger charge is -2.05. The minimum Gasteiger partial charge on any atom is -0.507 e. The quantitative estimate of drug-likeness (QED) is 0.373. The molecule has 0 saturated heterocycles. The van der Waals surface area contributed by atoms with Crippen molar-refractivity contribution < 1.29 is 24.0 Å². The zero-order valence-electron chi connectivity index (χ0n) is 15.6. The third-order valence-electron chi connectivity index (χ3n) is 4.05. The van der Waals surface area contributed by atoms with Gasteiger partial charge in [0.25, 0.3) is 11.6 Å². The Labute approximate surface area is 165 Å². The average Bonchev–Trinajstić information content (AvgIpc) is 3.16. The van der Waals surface area contributed by atoms with Crippen LogP contribution in [0.2, 0.25) is 0 Å². The summed E-state index contributed by atoms with van der Waals surface area (Å²) in [6, 6.07) is 12.2. The van der Waals surface area contributed by atoms with Crippen LogP contribution in [0.1, 0.15) is 21.7 Å². The third-order valence-corrected chi connectivity index (χ3v) is 4.05. The summed E-state index contributed by atoms with van der Waals surface area (Å²) in [5, 5.41) is 24.9. The largest absolute Gasteiger partial charge is 0.507 e. The summed E-state index contributed by atoms with van der Waals surface area (Å²) in [5.74, 6) is 0.133. The van der Waals surface area contributed by atoms with Crippen molar-refractivity contribution in [2.45, 2.75) is 6.92 Å². The molecule has 1 heterocycles. The molecule has 9 heteroatoms. The fourth-order valence-corrected chi connectivity index (χ4v) is 2.61. The molecule has 0 fully saturated rings. The van der Waals surface area contributed by atoms with Crippen LogP contribution in [0.3, 0.4) is 0 Å². The summed E-state index contributed by atoms with van der Waals surface area (Å²) in [4.78, 5) is 22.9. The Morgan fingerprint density at radius 2 is 2.03 bits per heavy atom. The average molecular weight is 395 g/mol. The van der Waals surface area contributed by atoms with Gasteiger partial charge >= 0.3 is 0 Å². The molecule has 2 aromatic carbocycles. The second kappa shape index (κ2) is 8.26. The first-order chi connectivity index (χ1) is 13.9. The smallest absolute Gasteiger partial charge is 0.280 e. The third kappa shape index (κ3) is 4.41. The van der Waals surface area contributed by atoms with Gasteiger partial charge in [0, 0.05) is 12.1 Å². The number of nitrogens with zero attached hydrogens (tertiary/aromatic N) is 2. The maximum absolute atomic E-state index is 12.1. The van der Waals surface area contributed by atoms with Crippen molar-refractivity contribution in [2.24, 2.45) is 5.10 Å². The van der Waals surface area contributed by atoms with Gasteiger partial charge in [-0.2, -0.15) is 5.10 Å². The highest BCUT2D eigenvalue weighted by atomic mass is 16.6. The lowest BCUT2D eigenvalue weighted by atomic mass is 10.1. The van der Waals surface area contributed by atoms with Gasteiger partial charge in [-0.25, -0.2) is 5.43 Å². The number of nitrogens with one attached hydrogen (secondary N) is 1. The number of aryl methyl sites for hydroxylation is 1. The molecule has 29 heavy (non-hydrogen) atoms. The molecule has 1 amide bonds. The Balaban J connectivity index is 1.73. The zero-order valence-corrected chi connectivity index (χ0v) is 15.6. The summed E-state index contributed by atoms with van der Waals surface area (Å²) in [6.45, 7) is 1.76. The highest BCUT2D eigenvalue weighted by Gasteiger charge is 2.18. The van der Waals surface area contributed by atoms with Crippen LogP contribution in [-0.2, 0) is 0 Å². The van der Waals surface area contributed by atoms with E-state index in [4.69, 9.17) is 9.15 Å². The van der Waals surface area contributed by atoms with Gasteiger partial charge in [-0.3, -0.25) is 14.9 Å². The number of hydrazone groups is 1. The summed E-state index contributed by atoms with van der Waals surface area (Å²) < 4.78 is 10.5. The number of aromatic hydroxyl groups is 1. The molecule has 0 radical (unpaired) electrons. The van der Waals surface area contributed by atoms with E-state index in [0.717, 1.165) is 5.56 Å². The van der Waals surface area contributed by atoms with Crippen molar-refractivity contribution in [3.63, 3.8) is 0 Å². The van der Waals surface area contributed by atoms with E-state index in [1.807, 2.05) is 0 Å². The van der Waals surface area contributed by atoms with Crippen LogP contribution < -0.4 is 10.2 Å². The molecule has 0 unspecified atom stereocenters. The van der Waals surface area contributed by atoms with Crippen LogP contribution in [0.25, 0.3) is 11.3 Å². The number of ether oxygens (including phenoxy) is 1. The SMILES string of the molecule is COc1ccc(C(=O)N/N=C\c2ccc(-c3ccc(C)cc3[N+](=O)[O-])o2)c(O)c1. The number of nitro groups is 1. The molecule has 3 rings (SSSR count). The van der Waals surface area contributed by atoms with Crippen LogP contribution in [0.5, 0.6) is 11.5 Å². The fraction of sp³-hybridized carbons (Fsp3) is 0.100. The van der Waals surface area contributed by atoms with E-state index in [1.165, 1.54) is 37.6 Å². The topological polar surface area (TPSA) is 127 Å². The molecule has 148 valence electrons. The lowest BCUT2D eigenvalue weighted by molar-refractivity contribution is -0.384. The van der Waals surface area contributed by atoms with Gasteiger partial charge in [0.15, 0.2) is 0 Å². The monoisotopic (exact) mass is 395 g/mol. The fourth-order valence-electron chi connectivity index (χ4n) is 2.61. The van der Waals surface area contributed by atoms with Gasteiger partial charge < -0.3 is 14.3 Å². The lowest BCUT2D eigenvalue weighted by Crippen LogP contribution is -2.17. The second-order valence-electron chi connectivity index (χ2n) is 6.06. The number of nitro benzene ring substituents is 1. The number of amides is 1. The summed E-state index contributed by atoms with van der Waals surface area (Å²) in [6.07, 6.45) is 1.25. The molecule has 1 aromatic heterocycles.